The number of imide groups is 1. The molecule has 0 saturated carbocycles. The fourth-order valence-corrected chi connectivity index (χ4v) is 5.97. The molecule has 0 radical (unpaired) electrons. The van der Waals surface area contributed by atoms with Crippen LogP contribution in [0.25, 0.3) is 10.9 Å². The molecular formula is C33H33FN4O4. The Bertz CT molecular complexity index is 1630. The zero-order chi connectivity index (χ0) is 29.2. The van der Waals surface area contributed by atoms with Crippen LogP contribution in [0.2, 0.25) is 0 Å². The van der Waals surface area contributed by atoms with Crippen LogP contribution in [-0.2, 0) is 16.0 Å². The molecule has 1 fully saturated rings. The number of urea groups is 1. The highest BCUT2D eigenvalue weighted by Gasteiger charge is 2.53. The third kappa shape index (κ3) is 4.94. The number of hydrogen-bond donors (Lipinski definition) is 2. The van der Waals surface area contributed by atoms with Crippen molar-refractivity contribution in [2.24, 2.45) is 0 Å². The number of fused-ring (bicyclic) bond motifs is 4. The smallest absolute Gasteiger partial charge is 0.332 e. The first-order valence-electron chi connectivity index (χ1n) is 14.5. The van der Waals surface area contributed by atoms with E-state index in [-0.39, 0.29) is 23.0 Å². The van der Waals surface area contributed by atoms with Gasteiger partial charge in [0.05, 0.1) is 11.3 Å². The lowest BCUT2D eigenvalue weighted by Gasteiger charge is -2.36. The van der Waals surface area contributed by atoms with E-state index in [1.54, 1.807) is 41.3 Å². The second kappa shape index (κ2) is 11.8. The average molecular weight is 569 g/mol. The topological polar surface area (TPSA) is 94.7 Å². The molecule has 1 aromatic heterocycles. The number of para-hydroxylation sites is 2. The number of amides is 4. The molecule has 2 atom stereocenters. The van der Waals surface area contributed by atoms with Gasteiger partial charge in [-0.05, 0) is 54.3 Å². The first kappa shape index (κ1) is 27.7. The summed E-state index contributed by atoms with van der Waals surface area (Å²) in [5.74, 6) is -1.15. The number of benzene rings is 3. The van der Waals surface area contributed by atoms with E-state index in [0.717, 1.165) is 39.9 Å². The zero-order valence-corrected chi connectivity index (χ0v) is 23.4. The summed E-state index contributed by atoms with van der Waals surface area (Å²) in [5, 5.41) is 3.88. The molecule has 2 N–H and O–H groups in total. The summed E-state index contributed by atoms with van der Waals surface area (Å²) in [6.07, 6.45) is 3.04. The Labute approximate surface area is 243 Å². The maximum absolute atomic E-state index is 14.2. The van der Waals surface area contributed by atoms with Gasteiger partial charge in [0.15, 0.2) is 0 Å². The van der Waals surface area contributed by atoms with Gasteiger partial charge < -0.3 is 15.0 Å². The number of carbonyl (C=O) groups is 3. The lowest BCUT2D eigenvalue weighted by molar-refractivity contribution is -0.120. The van der Waals surface area contributed by atoms with Crippen molar-refractivity contribution in [2.45, 2.75) is 44.7 Å². The number of nitrogens with zero attached hydrogens (tertiary/aromatic N) is 2. The number of unbranched alkanes of at least 4 members (excludes halogenated alkanes) is 1. The van der Waals surface area contributed by atoms with Crippen molar-refractivity contribution in [3.8, 4) is 0 Å². The quantitative estimate of drug-likeness (QED) is 0.189. The molecule has 42 heavy (non-hydrogen) atoms. The number of aromatic nitrogens is 1. The van der Waals surface area contributed by atoms with Gasteiger partial charge in [-0.2, -0.15) is 0 Å². The molecule has 6 rings (SSSR count). The van der Waals surface area contributed by atoms with Crippen molar-refractivity contribution in [1.29, 1.82) is 0 Å². The van der Waals surface area contributed by atoms with Gasteiger partial charge in [0, 0.05) is 42.8 Å². The highest BCUT2D eigenvalue weighted by molar-refractivity contribution is 6.24. The summed E-state index contributed by atoms with van der Waals surface area (Å²) in [6, 6.07) is 18.5. The van der Waals surface area contributed by atoms with E-state index in [1.807, 2.05) is 24.3 Å². The highest BCUT2D eigenvalue weighted by Crippen LogP contribution is 2.45. The average Bonchev–Trinajstić information content (AvgIpc) is 3.50. The van der Waals surface area contributed by atoms with Crippen LogP contribution in [-0.4, -0.2) is 53.5 Å². The van der Waals surface area contributed by atoms with Crippen LogP contribution in [0, 0.1) is 5.82 Å². The molecule has 216 valence electrons. The van der Waals surface area contributed by atoms with Crippen LogP contribution in [0.1, 0.15) is 59.4 Å². The molecule has 9 heteroatoms. The monoisotopic (exact) mass is 568 g/mol. The van der Waals surface area contributed by atoms with E-state index >= 15 is 0 Å². The van der Waals surface area contributed by atoms with Crippen molar-refractivity contribution < 1.29 is 23.5 Å². The van der Waals surface area contributed by atoms with Crippen LogP contribution < -0.4 is 10.2 Å². The number of nitrogens with one attached hydrogen (secondary N) is 2. The zero-order valence-electron chi connectivity index (χ0n) is 23.4. The number of anilines is 1. The lowest BCUT2D eigenvalue weighted by Crippen LogP contribution is -2.44. The van der Waals surface area contributed by atoms with Crippen molar-refractivity contribution in [2.75, 3.05) is 24.7 Å². The second-order valence-corrected chi connectivity index (χ2v) is 10.7. The summed E-state index contributed by atoms with van der Waals surface area (Å²) in [4.78, 5) is 47.6. The fourth-order valence-electron chi connectivity index (χ4n) is 5.97. The minimum Gasteiger partial charge on any atom is -0.381 e. The molecular weight excluding hydrogens is 535 g/mol. The van der Waals surface area contributed by atoms with Crippen molar-refractivity contribution in [3.05, 3.63) is 101 Å². The van der Waals surface area contributed by atoms with E-state index in [0.29, 0.717) is 38.2 Å². The van der Waals surface area contributed by atoms with Gasteiger partial charge in [-0.15, -0.1) is 0 Å². The molecule has 4 aromatic rings. The predicted octanol–water partition coefficient (Wildman–Crippen LogP) is 5.73. The first-order chi connectivity index (χ1) is 20.5. The SMILES string of the molecule is CCCCOCCCNC(=O)c1ccccc1N1C(=O)C2Cc3c([nH]c4ccccc34)C(c3ccc(F)cc3)N2C1=O. The fraction of sp³-hybridized carbons (Fsp3) is 0.303. The molecule has 0 aliphatic carbocycles. The van der Waals surface area contributed by atoms with Gasteiger partial charge in [-0.25, -0.2) is 14.1 Å². The summed E-state index contributed by atoms with van der Waals surface area (Å²) >= 11 is 0. The van der Waals surface area contributed by atoms with Crippen molar-refractivity contribution >= 4 is 34.4 Å². The summed E-state index contributed by atoms with van der Waals surface area (Å²) in [6.45, 7) is 3.75. The van der Waals surface area contributed by atoms with Crippen LogP contribution in [0.3, 0.4) is 0 Å². The molecule has 2 aliphatic heterocycles. The van der Waals surface area contributed by atoms with Crippen molar-refractivity contribution in [1.82, 2.24) is 15.2 Å². The lowest BCUT2D eigenvalue weighted by atomic mass is 9.89. The van der Waals surface area contributed by atoms with E-state index in [1.165, 1.54) is 12.1 Å². The van der Waals surface area contributed by atoms with E-state index in [4.69, 9.17) is 4.74 Å². The van der Waals surface area contributed by atoms with E-state index in [9.17, 15) is 18.8 Å². The van der Waals surface area contributed by atoms with Crippen molar-refractivity contribution in [3.63, 3.8) is 0 Å². The summed E-state index contributed by atoms with van der Waals surface area (Å²) < 4.78 is 19.5. The second-order valence-electron chi connectivity index (χ2n) is 10.7. The number of hydrogen-bond acceptors (Lipinski definition) is 4. The Hall–Kier alpha value is -4.50. The maximum Gasteiger partial charge on any atom is 0.332 e. The van der Waals surface area contributed by atoms with Crippen LogP contribution >= 0.6 is 0 Å². The Morgan fingerprint density at radius 2 is 1.74 bits per heavy atom. The normalized spacial score (nSPS) is 18.0. The Morgan fingerprint density at radius 3 is 2.55 bits per heavy atom. The standard InChI is InChI=1S/C33H33FN4O4/c1-2-3-18-42-19-8-17-35-31(39)24-10-5-7-12-27(24)38-32(40)28-20-25-23-9-4-6-11-26(23)36-29(25)30(37(28)33(38)41)21-13-15-22(34)16-14-21/h4-7,9-16,28,30,36H,2-3,8,17-20H2,1H3,(H,35,39). The number of ether oxygens (including phenoxy) is 1. The summed E-state index contributed by atoms with van der Waals surface area (Å²) in [7, 11) is 0. The highest BCUT2D eigenvalue weighted by atomic mass is 19.1. The first-order valence-corrected chi connectivity index (χ1v) is 14.5. The van der Waals surface area contributed by atoms with Gasteiger partial charge in [0.1, 0.15) is 17.9 Å². The molecule has 3 aromatic carbocycles. The Balaban J connectivity index is 1.31. The van der Waals surface area contributed by atoms with Gasteiger partial charge >= 0.3 is 6.03 Å². The third-order valence-electron chi connectivity index (χ3n) is 8.02. The van der Waals surface area contributed by atoms with E-state index in [2.05, 4.69) is 17.2 Å². The minimum absolute atomic E-state index is 0.241. The van der Waals surface area contributed by atoms with Gasteiger partial charge in [-0.1, -0.05) is 55.8 Å². The van der Waals surface area contributed by atoms with Gasteiger partial charge in [-0.3, -0.25) is 14.5 Å². The number of aromatic amines is 1. The molecule has 0 bridgehead atoms. The summed E-state index contributed by atoms with van der Waals surface area (Å²) in [5.41, 5.74) is 3.83. The molecule has 4 amide bonds. The molecule has 1 saturated heterocycles. The molecule has 2 aliphatic rings. The third-order valence-corrected chi connectivity index (χ3v) is 8.02. The minimum atomic E-state index is -0.782. The number of carbonyl (C=O) groups excluding carboxylic acids is 3. The Kier molecular flexibility index (Phi) is 7.75. The number of halogens is 1. The van der Waals surface area contributed by atoms with Crippen LogP contribution in [0.15, 0.2) is 72.8 Å². The van der Waals surface area contributed by atoms with Crippen LogP contribution in [0.5, 0.6) is 0 Å². The maximum atomic E-state index is 14.2. The van der Waals surface area contributed by atoms with E-state index < -0.39 is 24.0 Å². The van der Waals surface area contributed by atoms with Crippen LogP contribution in [0.4, 0.5) is 14.9 Å². The van der Waals surface area contributed by atoms with Gasteiger partial charge in [0.2, 0.25) is 0 Å². The number of rotatable bonds is 10. The van der Waals surface area contributed by atoms with Gasteiger partial charge in [0.25, 0.3) is 11.8 Å². The predicted molar refractivity (Wildman–Crippen MR) is 158 cm³/mol. The number of H-pyrrole nitrogens is 1. The molecule has 8 nitrogen and oxygen atoms in total. The molecule has 0 spiro atoms. The molecule has 2 unspecified atom stereocenters. The Morgan fingerprint density at radius 1 is 1.00 bits per heavy atom. The largest absolute Gasteiger partial charge is 0.381 e. The molecule has 3 heterocycles.